The first-order valence-corrected chi connectivity index (χ1v) is 4.51. The smallest absolute Gasteiger partial charge is 0.370 e. The van der Waals surface area contributed by atoms with Crippen molar-refractivity contribution in [3.8, 4) is 0 Å². The van der Waals surface area contributed by atoms with Crippen molar-refractivity contribution in [2.45, 2.75) is 18.6 Å². The van der Waals surface area contributed by atoms with Crippen LogP contribution in [0.3, 0.4) is 0 Å². The molecule has 16 heavy (non-hydrogen) atoms. The van der Waals surface area contributed by atoms with Crippen molar-refractivity contribution in [3.63, 3.8) is 0 Å². The molecule has 1 amide bonds. The quantitative estimate of drug-likeness (QED) is 0.830. The molecule has 0 aromatic heterocycles. The van der Waals surface area contributed by atoms with E-state index >= 15 is 0 Å². The summed E-state index contributed by atoms with van der Waals surface area (Å²) >= 11 is 0. The molecule has 6 heteroatoms. The highest BCUT2D eigenvalue weighted by molar-refractivity contribution is 5.74. The maximum Gasteiger partial charge on any atom is 0.416 e. The lowest BCUT2D eigenvalue weighted by molar-refractivity contribution is -0.137. The number of hydrogen-bond donors (Lipinski definition) is 2. The van der Waals surface area contributed by atoms with E-state index in [-0.39, 0.29) is 6.42 Å². The number of halogens is 3. The van der Waals surface area contributed by atoms with Gasteiger partial charge in [-0.25, -0.2) is 0 Å². The average Bonchev–Trinajstić information content (AvgIpc) is 2.15. The second-order valence-electron chi connectivity index (χ2n) is 3.40. The van der Waals surface area contributed by atoms with Gasteiger partial charge in [-0.2, -0.15) is 13.2 Å². The summed E-state index contributed by atoms with van der Waals surface area (Å²) < 4.78 is 36.7. The maximum atomic E-state index is 12.2. The number of carbonyl (C=O) groups is 1. The Morgan fingerprint density at radius 3 is 2.12 bits per heavy atom. The summed E-state index contributed by atoms with van der Waals surface area (Å²) in [4.78, 5) is 10.6. The number of carbonyl (C=O) groups excluding carboxylic acids is 1. The molecule has 1 aromatic carbocycles. The van der Waals surface area contributed by atoms with E-state index < -0.39 is 23.7 Å². The highest BCUT2D eigenvalue weighted by Crippen LogP contribution is 2.29. The molecule has 1 rings (SSSR count). The number of alkyl halides is 3. The van der Waals surface area contributed by atoms with Gasteiger partial charge in [0.25, 0.3) is 0 Å². The SMILES string of the molecule is NC(=O)C[C@H](N)c1ccc(C(F)(F)F)cc1. The molecule has 4 N–H and O–H groups in total. The molecule has 0 spiro atoms. The number of rotatable bonds is 3. The molecular formula is C10H11F3N2O. The van der Waals surface area contributed by atoms with Crippen LogP contribution in [0, 0.1) is 0 Å². The van der Waals surface area contributed by atoms with Gasteiger partial charge in [-0.3, -0.25) is 4.79 Å². The van der Waals surface area contributed by atoms with E-state index in [1.54, 1.807) is 0 Å². The average molecular weight is 232 g/mol. The fourth-order valence-corrected chi connectivity index (χ4v) is 1.25. The van der Waals surface area contributed by atoms with Crippen LogP contribution in [-0.4, -0.2) is 5.91 Å². The Bertz CT molecular complexity index is 373. The molecule has 0 heterocycles. The molecule has 0 aliphatic carbocycles. The first-order valence-electron chi connectivity index (χ1n) is 4.51. The van der Waals surface area contributed by atoms with Gasteiger partial charge in [0.15, 0.2) is 0 Å². The number of primary amides is 1. The summed E-state index contributed by atoms with van der Waals surface area (Å²) in [6.07, 6.45) is -4.46. The topological polar surface area (TPSA) is 69.1 Å². The van der Waals surface area contributed by atoms with Crippen molar-refractivity contribution in [2.75, 3.05) is 0 Å². The van der Waals surface area contributed by atoms with E-state index in [0.29, 0.717) is 5.56 Å². The highest BCUT2D eigenvalue weighted by atomic mass is 19.4. The second kappa shape index (κ2) is 4.52. The molecule has 1 aromatic rings. The van der Waals surface area contributed by atoms with Crippen molar-refractivity contribution >= 4 is 5.91 Å². The fraction of sp³-hybridized carbons (Fsp3) is 0.300. The number of amides is 1. The third kappa shape index (κ3) is 3.23. The molecule has 1 atom stereocenters. The first-order chi connectivity index (χ1) is 7.30. The Labute approximate surface area is 90.2 Å². The molecule has 0 unspecified atom stereocenters. The largest absolute Gasteiger partial charge is 0.416 e. The Morgan fingerprint density at radius 2 is 1.75 bits per heavy atom. The van der Waals surface area contributed by atoms with Crippen molar-refractivity contribution in [2.24, 2.45) is 11.5 Å². The lowest BCUT2D eigenvalue weighted by Crippen LogP contribution is -2.20. The van der Waals surface area contributed by atoms with E-state index in [1.807, 2.05) is 0 Å². The predicted molar refractivity (Wildman–Crippen MR) is 52.2 cm³/mol. The zero-order chi connectivity index (χ0) is 12.3. The van der Waals surface area contributed by atoms with Crippen LogP contribution in [-0.2, 0) is 11.0 Å². The molecular weight excluding hydrogens is 221 g/mol. The lowest BCUT2D eigenvalue weighted by atomic mass is 10.0. The fourth-order valence-electron chi connectivity index (χ4n) is 1.25. The van der Waals surface area contributed by atoms with Gasteiger partial charge in [0.05, 0.1) is 5.56 Å². The van der Waals surface area contributed by atoms with Crippen LogP contribution in [0.4, 0.5) is 13.2 Å². The summed E-state index contributed by atoms with van der Waals surface area (Å²) in [6.45, 7) is 0. The van der Waals surface area contributed by atoms with Crippen molar-refractivity contribution in [1.29, 1.82) is 0 Å². The molecule has 0 aliphatic rings. The maximum absolute atomic E-state index is 12.2. The Kier molecular flexibility index (Phi) is 3.54. The molecule has 88 valence electrons. The third-order valence-corrected chi connectivity index (χ3v) is 2.09. The third-order valence-electron chi connectivity index (χ3n) is 2.09. The molecule has 0 aliphatic heterocycles. The Hall–Kier alpha value is -1.56. The van der Waals surface area contributed by atoms with Crippen molar-refractivity contribution in [1.82, 2.24) is 0 Å². The van der Waals surface area contributed by atoms with Crippen LogP contribution < -0.4 is 11.5 Å². The Morgan fingerprint density at radius 1 is 1.25 bits per heavy atom. The van der Waals surface area contributed by atoms with Crippen LogP contribution in [0.25, 0.3) is 0 Å². The number of hydrogen-bond acceptors (Lipinski definition) is 2. The molecule has 0 bridgehead atoms. The van der Waals surface area contributed by atoms with Crippen LogP contribution in [0.1, 0.15) is 23.6 Å². The van der Waals surface area contributed by atoms with Gasteiger partial charge in [0, 0.05) is 12.5 Å². The van der Waals surface area contributed by atoms with Gasteiger partial charge in [-0.1, -0.05) is 12.1 Å². The minimum absolute atomic E-state index is 0.0919. The monoisotopic (exact) mass is 232 g/mol. The molecule has 0 saturated heterocycles. The second-order valence-corrected chi connectivity index (χ2v) is 3.40. The zero-order valence-electron chi connectivity index (χ0n) is 8.29. The lowest BCUT2D eigenvalue weighted by Gasteiger charge is -2.11. The predicted octanol–water partition coefficient (Wildman–Crippen LogP) is 1.58. The molecule has 0 radical (unpaired) electrons. The Balaban J connectivity index is 2.83. The van der Waals surface area contributed by atoms with Gasteiger partial charge >= 0.3 is 6.18 Å². The van der Waals surface area contributed by atoms with E-state index in [1.165, 1.54) is 12.1 Å². The molecule has 0 saturated carbocycles. The van der Waals surface area contributed by atoms with E-state index in [9.17, 15) is 18.0 Å². The molecule has 0 fully saturated rings. The van der Waals surface area contributed by atoms with Crippen molar-refractivity contribution < 1.29 is 18.0 Å². The van der Waals surface area contributed by atoms with E-state index in [0.717, 1.165) is 12.1 Å². The summed E-state index contributed by atoms with van der Waals surface area (Å²) in [5.74, 6) is -0.590. The summed E-state index contributed by atoms with van der Waals surface area (Å²) in [5, 5.41) is 0. The van der Waals surface area contributed by atoms with Crippen LogP contribution in [0.5, 0.6) is 0 Å². The standard InChI is InChI=1S/C10H11F3N2O/c11-10(12,13)7-3-1-6(2-4-7)8(14)5-9(15)16/h1-4,8H,5,14H2,(H2,15,16)/t8-/m0/s1. The van der Waals surface area contributed by atoms with E-state index in [4.69, 9.17) is 11.5 Å². The number of benzene rings is 1. The first kappa shape index (κ1) is 12.5. The van der Waals surface area contributed by atoms with Gasteiger partial charge in [-0.05, 0) is 17.7 Å². The van der Waals surface area contributed by atoms with Crippen molar-refractivity contribution in [3.05, 3.63) is 35.4 Å². The number of nitrogens with two attached hydrogens (primary N) is 2. The summed E-state index contributed by atoms with van der Waals surface area (Å²) in [7, 11) is 0. The molecule has 3 nitrogen and oxygen atoms in total. The van der Waals surface area contributed by atoms with Crippen LogP contribution in [0.2, 0.25) is 0 Å². The minimum atomic E-state index is -4.37. The zero-order valence-corrected chi connectivity index (χ0v) is 8.29. The van der Waals surface area contributed by atoms with Gasteiger partial charge in [0.1, 0.15) is 0 Å². The van der Waals surface area contributed by atoms with Gasteiger partial charge in [-0.15, -0.1) is 0 Å². The minimum Gasteiger partial charge on any atom is -0.370 e. The van der Waals surface area contributed by atoms with E-state index in [2.05, 4.69) is 0 Å². The van der Waals surface area contributed by atoms with Crippen LogP contribution in [0.15, 0.2) is 24.3 Å². The van der Waals surface area contributed by atoms with Gasteiger partial charge in [0.2, 0.25) is 5.91 Å². The summed E-state index contributed by atoms with van der Waals surface area (Å²) in [6, 6.07) is 3.68. The van der Waals surface area contributed by atoms with Crippen LogP contribution >= 0.6 is 0 Å². The highest BCUT2D eigenvalue weighted by Gasteiger charge is 2.30. The summed E-state index contributed by atoms with van der Waals surface area (Å²) in [5.41, 5.74) is 10.2. The van der Waals surface area contributed by atoms with Gasteiger partial charge < -0.3 is 11.5 Å². The normalized spacial score (nSPS) is 13.5.